The summed E-state index contributed by atoms with van der Waals surface area (Å²) in [6.45, 7) is 4.07. The molecule has 2 rings (SSSR count). The summed E-state index contributed by atoms with van der Waals surface area (Å²) in [6.07, 6.45) is 0.811. The number of pyridine rings is 1. The summed E-state index contributed by atoms with van der Waals surface area (Å²) in [5, 5.41) is 10.4. The lowest BCUT2D eigenvalue weighted by Crippen LogP contribution is -2.06. The molecule has 1 heterocycles. The van der Waals surface area contributed by atoms with Crippen molar-refractivity contribution in [1.82, 2.24) is 4.98 Å². The highest BCUT2D eigenvalue weighted by atomic mass is 32.2. The molecule has 0 aliphatic heterocycles. The summed E-state index contributed by atoms with van der Waals surface area (Å²) >= 11 is 1.55. The van der Waals surface area contributed by atoms with E-state index in [1.807, 2.05) is 38.1 Å². The molecule has 0 radical (unpaired) electrons. The van der Waals surface area contributed by atoms with E-state index >= 15 is 0 Å². The molecule has 2 aromatic rings. The Morgan fingerprint density at radius 2 is 2.06 bits per heavy atom. The van der Waals surface area contributed by atoms with E-state index in [1.165, 1.54) is 0 Å². The Hall–Kier alpha value is -1.55. The maximum Gasteiger partial charge on any atom is 0.355 e. The maximum absolute atomic E-state index is 11.3. The second-order valence-electron chi connectivity index (χ2n) is 3.88. The van der Waals surface area contributed by atoms with E-state index in [2.05, 4.69) is 4.98 Å². The van der Waals surface area contributed by atoms with Gasteiger partial charge in [-0.25, -0.2) is 9.78 Å². The van der Waals surface area contributed by atoms with Gasteiger partial charge in [-0.2, -0.15) is 0 Å². The van der Waals surface area contributed by atoms with Gasteiger partial charge in [0.05, 0.1) is 5.52 Å². The molecule has 94 valence electrons. The Balaban J connectivity index is 2.82. The molecule has 0 atom stereocenters. The third-order valence-electron chi connectivity index (χ3n) is 2.80. The number of hydrogen-bond acceptors (Lipinski definition) is 3. The van der Waals surface area contributed by atoms with Crippen LogP contribution in [0.4, 0.5) is 0 Å². The molecule has 0 fully saturated rings. The minimum atomic E-state index is -0.952. The number of benzene rings is 1. The number of fused-ring (bicyclic) bond motifs is 1. The van der Waals surface area contributed by atoms with Crippen LogP contribution in [-0.4, -0.2) is 21.8 Å². The molecule has 0 spiro atoms. The number of hydrogen-bond donors (Lipinski definition) is 1. The molecule has 0 aliphatic carbocycles. The SMILES string of the molecule is CCSc1c(C(=O)O)nc2ccccc2c1CC. The Labute approximate surface area is 110 Å². The number of aromatic carboxylic acids is 1. The molecule has 0 bridgehead atoms. The number of carbonyl (C=O) groups is 1. The van der Waals surface area contributed by atoms with Gasteiger partial charge in [-0.15, -0.1) is 11.8 Å². The molecule has 0 saturated carbocycles. The third-order valence-corrected chi connectivity index (χ3v) is 3.81. The van der Waals surface area contributed by atoms with Gasteiger partial charge in [0.25, 0.3) is 0 Å². The molecule has 0 saturated heterocycles. The second kappa shape index (κ2) is 5.40. The molecule has 18 heavy (non-hydrogen) atoms. The smallest absolute Gasteiger partial charge is 0.355 e. The average Bonchev–Trinajstić information content (AvgIpc) is 2.38. The highest BCUT2D eigenvalue weighted by Crippen LogP contribution is 2.31. The lowest BCUT2D eigenvalue weighted by Gasteiger charge is -2.12. The van der Waals surface area contributed by atoms with Gasteiger partial charge in [0, 0.05) is 10.3 Å². The fourth-order valence-corrected chi connectivity index (χ4v) is 3.05. The van der Waals surface area contributed by atoms with E-state index in [1.54, 1.807) is 11.8 Å². The van der Waals surface area contributed by atoms with Crippen LogP contribution in [0.1, 0.15) is 29.9 Å². The van der Waals surface area contributed by atoms with E-state index < -0.39 is 5.97 Å². The molecule has 1 aromatic heterocycles. The molecular weight excluding hydrogens is 246 g/mol. The quantitative estimate of drug-likeness (QED) is 0.854. The molecule has 0 unspecified atom stereocenters. The van der Waals surface area contributed by atoms with Crippen molar-refractivity contribution in [1.29, 1.82) is 0 Å². The van der Waals surface area contributed by atoms with Crippen LogP contribution in [-0.2, 0) is 6.42 Å². The summed E-state index contributed by atoms with van der Waals surface area (Å²) in [4.78, 5) is 16.4. The van der Waals surface area contributed by atoms with Crippen molar-refractivity contribution < 1.29 is 9.90 Å². The van der Waals surface area contributed by atoms with Gasteiger partial charge < -0.3 is 5.11 Å². The first-order chi connectivity index (χ1) is 8.69. The van der Waals surface area contributed by atoms with E-state index in [0.29, 0.717) is 0 Å². The largest absolute Gasteiger partial charge is 0.476 e. The summed E-state index contributed by atoms with van der Waals surface area (Å²) < 4.78 is 0. The van der Waals surface area contributed by atoms with Crippen LogP contribution >= 0.6 is 11.8 Å². The minimum absolute atomic E-state index is 0.178. The van der Waals surface area contributed by atoms with Crippen molar-refractivity contribution in [3.05, 3.63) is 35.5 Å². The summed E-state index contributed by atoms with van der Waals surface area (Å²) in [5.41, 5.74) is 2.02. The topological polar surface area (TPSA) is 50.2 Å². The fraction of sp³-hybridized carbons (Fsp3) is 0.286. The molecular formula is C14H15NO2S. The van der Waals surface area contributed by atoms with Crippen molar-refractivity contribution in [2.75, 3.05) is 5.75 Å². The van der Waals surface area contributed by atoms with Crippen LogP contribution in [0, 0.1) is 0 Å². The first kappa shape index (κ1) is 12.9. The minimum Gasteiger partial charge on any atom is -0.476 e. The fourth-order valence-electron chi connectivity index (χ4n) is 2.06. The van der Waals surface area contributed by atoms with Crippen molar-refractivity contribution in [2.45, 2.75) is 25.2 Å². The zero-order valence-electron chi connectivity index (χ0n) is 10.4. The Morgan fingerprint density at radius 1 is 1.33 bits per heavy atom. The average molecular weight is 261 g/mol. The molecule has 1 N–H and O–H groups in total. The van der Waals surface area contributed by atoms with Crippen LogP contribution in [0.5, 0.6) is 0 Å². The number of carboxylic acids is 1. The highest BCUT2D eigenvalue weighted by Gasteiger charge is 2.18. The van der Waals surface area contributed by atoms with Crippen LogP contribution < -0.4 is 0 Å². The highest BCUT2D eigenvalue weighted by molar-refractivity contribution is 7.99. The number of carboxylic acid groups (broad SMARTS) is 1. The standard InChI is InChI=1S/C14H15NO2S/c1-3-9-10-7-5-6-8-11(10)15-12(14(16)17)13(9)18-4-2/h5-8H,3-4H2,1-2H3,(H,16,17). The number of para-hydroxylation sites is 1. The van der Waals surface area contributed by atoms with E-state index in [0.717, 1.165) is 33.5 Å². The van der Waals surface area contributed by atoms with Crippen molar-refractivity contribution >= 4 is 28.6 Å². The summed E-state index contributed by atoms with van der Waals surface area (Å²) in [7, 11) is 0. The van der Waals surface area contributed by atoms with Gasteiger partial charge in [0.2, 0.25) is 0 Å². The van der Waals surface area contributed by atoms with Crippen molar-refractivity contribution in [3.63, 3.8) is 0 Å². The van der Waals surface area contributed by atoms with Gasteiger partial charge >= 0.3 is 5.97 Å². The number of aryl methyl sites for hydroxylation is 1. The Bertz CT molecular complexity index is 596. The zero-order valence-corrected chi connectivity index (χ0v) is 11.3. The molecule has 0 amide bonds. The van der Waals surface area contributed by atoms with Crippen LogP contribution in [0.2, 0.25) is 0 Å². The number of nitrogens with zero attached hydrogens (tertiary/aromatic N) is 1. The van der Waals surface area contributed by atoms with E-state index in [-0.39, 0.29) is 5.69 Å². The monoisotopic (exact) mass is 261 g/mol. The first-order valence-corrected chi connectivity index (χ1v) is 6.95. The third kappa shape index (κ3) is 2.20. The van der Waals surface area contributed by atoms with Crippen LogP contribution in [0.25, 0.3) is 10.9 Å². The lowest BCUT2D eigenvalue weighted by molar-refractivity contribution is 0.0686. The zero-order chi connectivity index (χ0) is 13.1. The van der Waals surface area contributed by atoms with E-state index in [9.17, 15) is 9.90 Å². The van der Waals surface area contributed by atoms with E-state index in [4.69, 9.17) is 0 Å². The first-order valence-electron chi connectivity index (χ1n) is 5.96. The Morgan fingerprint density at radius 3 is 2.67 bits per heavy atom. The number of aromatic nitrogens is 1. The van der Waals surface area contributed by atoms with Gasteiger partial charge in [0.15, 0.2) is 5.69 Å². The Kier molecular flexibility index (Phi) is 3.87. The second-order valence-corrected chi connectivity index (χ2v) is 5.15. The number of thioether (sulfide) groups is 1. The van der Waals surface area contributed by atoms with Gasteiger partial charge in [-0.1, -0.05) is 32.0 Å². The molecule has 0 aliphatic rings. The summed E-state index contributed by atoms with van der Waals surface area (Å²) in [5.74, 6) is -0.112. The normalized spacial score (nSPS) is 10.8. The maximum atomic E-state index is 11.3. The van der Waals surface area contributed by atoms with Gasteiger partial charge in [0.1, 0.15) is 0 Å². The predicted molar refractivity (Wildman–Crippen MR) is 74.5 cm³/mol. The van der Waals surface area contributed by atoms with Crippen LogP contribution in [0.15, 0.2) is 29.2 Å². The number of rotatable bonds is 4. The molecule has 3 nitrogen and oxygen atoms in total. The van der Waals surface area contributed by atoms with Gasteiger partial charge in [-0.3, -0.25) is 0 Å². The summed E-state index contributed by atoms with van der Waals surface area (Å²) in [6, 6.07) is 7.71. The molecule has 1 aromatic carbocycles. The van der Waals surface area contributed by atoms with Crippen molar-refractivity contribution in [2.24, 2.45) is 0 Å². The van der Waals surface area contributed by atoms with Gasteiger partial charge in [-0.05, 0) is 23.8 Å². The predicted octanol–water partition coefficient (Wildman–Crippen LogP) is 3.61. The molecule has 4 heteroatoms. The van der Waals surface area contributed by atoms with Crippen molar-refractivity contribution in [3.8, 4) is 0 Å². The van der Waals surface area contributed by atoms with Crippen LogP contribution in [0.3, 0.4) is 0 Å². The lowest BCUT2D eigenvalue weighted by atomic mass is 10.1.